The molecular weight excluding hydrogens is 458 g/mol. The van der Waals surface area contributed by atoms with Crippen molar-refractivity contribution in [1.82, 2.24) is 0 Å². The molecule has 0 saturated heterocycles. The van der Waals surface area contributed by atoms with Gasteiger partial charge >= 0.3 is 11.9 Å². The van der Waals surface area contributed by atoms with Crippen LogP contribution in [0.5, 0.6) is 0 Å². The highest BCUT2D eigenvalue weighted by molar-refractivity contribution is 5.70. The van der Waals surface area contributed by atoms with E-state index in [1.165, 1.54) is 38.5 Å². The van der Waals surface area contributed by atoms with Gasteiger partial charge in [0.2, 0.25) is 0 Å². The smallest absolute Gasteiger partial charge is 0.312 e. The first-order valence-electron chi connectivity index (χ1n) is 14.3. The summed E-state index contributed by atoms with van der Waals surface area (Å²) in [7, 11) is 0. The van der Waals surface area contributed by atoms with E-state index in [0.717, 1.165) is 25.7 Å². The third kappa shape index (κ3) is 14.6. The molecule has 210 valence electrons. The zero-order valence-corrected chi connectivity index (χ0v) is 23.4. The van der Waals surface area contributed by atoms with E-state index in [9.17, 15) is 29.7 Å². The van der Waals surface area contributed by atoms with Crippen molar-refractivity contribution < 1.29 is 34.2 Å². The van der Waals surface area contributed by atoms with Crippen LogP contribution in [0.4, 0.5) is 0 Å². The number of hydrogen-bond donors (Lipinski definition) is 2. The lowest BCUT2D eigenvalue weighted by Gasteiger charge is -2.44. The molecule has 0 aromatic carbocycles. The molecule has 0 aromatic heterocycles. The van der Waals surface area contributed by atoms with E-state index < -0.39 is 35.7 Å². The fourth-order valence-corrected chi connectivity index (χ4v) is 5.02. The molecule has 0 fully saturated rings. The number of allylic oxidation sites excluding steroid dienone is 2. The second-order valence-corrected chi connectivity index (χ2v) is 10.4. The van der Waals surface area contributed by atoms with E-state index in [1.807, 2.05) is 13.8 Å². The minimum Gasteiger partial charge on any atom is -0.550 e. The average Bonchev–Trinajstić information content (AvgIpc) is 2.84. The van der Waals surface area contributed by atoms with Crippen molar-refractivity contribution in [2.45, 2.75) is 111 Å². The predicted molar refractivity (Wildman–Crippen MR) is 142 cm³/mol. The summed E-state index contributed by atoms with van der Waals surface area (Å²) < 4.78 is 0.198. The molecule has 2 N–H and O–H groups in total. The first-order chi connectivity index (χ1) is 17.2. The van der Waals surface area contributed by atoms with Crippen LogP contribution in [0.2, 0.25) is 0 Å². The summed E-state index contributed by atoms with van der Waals surface area (Å²) in [5.41, 5.74) is 0. The van der Waals surface area contributed by atoms with Crippen LogP contribution < -0.4 is 5.11 Å². The number of aliphatic carboxylic acids is 3. The summed E-state index contributed by atoms with van der Waals surface area (Å²) in [6, 6.07) is 0. The molecule has 0 saturated carbocycles. The van der Waals surface area contributed by atoms with Gasteiger partial charge < -0.3 is 24.6 Å². The van der Waals surface area contributed by atoms with Gasteiger partial charge in [-0.15, -0.1) is 0 Å². The van der Waals surface area contributed by atoms with Crippen LogP contribution in [-0.4, -0.2) is 58.8 Å². The molecule has 3 unspecified atom stereocenters. The number of carbonyl (C=O) groups excluding carboxylic acids is 1. The molecule has 7 heteroatoms. The maximum atomic E-state index is 11.9. The molecule has 0 rings (SSSR count). The summed E-state index contributed by atoms with van der Waals surface area (Å²) >= 11 is 0. The summed E-state index contributed by atoms with van der Waals surface area (Å²) in [6.07, 6.45) is 17.0. The van der Waals surface area contributed by atoms with Crippen LogP contribution in [0.1, 0.15) is 111 Å². The van der Waals surface area contributed by atoms with Gasteiger partial charge in [0, 0.05) is 5.92 Å². The van der Waals surface area contributed by atoms with E-state index in [0.29, 0.717) is 25.8 Å². The summed E-state index contributed by atoms with van der Waals surface area (Å²) in [5.74, 6) is -5.00. The molecule has 0 aliphatic rings. The van der Waals surface area contributed by atoms with Crippen molar-refractivity contribution in [3.63, 3.8) is 0 Å². The topological polar surface area (TPSA) is 115 Å². The molecule has 0 heterocycles. The zero-order valence-electron chi connectivity index (χ0n) is 23.4. The van der Waals surface area contributed by atoms with E-state index in [2.05, 4.69) is 19.1 Å². The molecule has 0 aliphatic carbocycles. The van der Waals surface area contributed by atoms with Gasteiger partial charge in [-0.05, 0) is 51.4 Å². The first-order valence-corrected chi connectivity index (χ1v) is 14.3. The van der Waals surface area contributed by atoms with Gasteiger partial charge in [0.25, 0.3) is 0 Å². The Balaban J connectivity index is 5.31. The van der Waals surface area contributed by atoms with Crippen LogP contribution in [0.15, 0.2) is 12.2 Å². The monoisotopic (exact) mass is 511 g/mol. The number of nitrogens with zero attached hydrogens (tertiary/aromatic N) is 1. The van der Waals surface area contributed by atoms with E-state index in [1.54, 1.807) is 6.92 Å². The number of carboxylic acid groups (broad SMARTS) is 3. The fraction of sp³-hybridized carbons (Fsp3) is 0.828. The average molecular weight is 512 g/mol. The zero-order chi connectivity index (χ0) is 27.4. The lowest BCUT2D eigenvalue weighted by Crippen LogP contribution is -2.59. The van der Waals surface area contributed by atoms with Crippen LogP contribution in [0.25, 0.3) is 0 Å². The molecule has 0 spiro atoms. The Kier molecular flexibility index (Phi) is 19.1. The van der Waals surface area contributed by atoms with Gasteiger partial charge in [0.15, 0.2) is 0 Å². The number of unbranched alkanes of at least 4 members (excludes halogenated alkanes) is 8. The third-order valence-electron chi connectivity index (χ3n) is 7.48. The van der Waals surface area contributed by atoms with Crippen LogP contribution in [0, 0.1) is 17.8 Å². The largest absolute Gasteiger partial charge is 0.550 e. The number of hydrogen-bond acceptors (Lipinski definition) is 4. The molecular formula is C29H53NO6. The number of carbonyl (C=O) groups is 3. The maximum absolute atomic E-state index is 11.9. The van der Waals surface area contributed by atoms with Gasteiger partial charge in [-0.1, -0.05) is 72.0 Å². The van der Waals surface area contributed by atoms with E-state index >= 15 is 0 Å². The van der Waals surface area contributed by atoms with Crippen LogP contribution in [0.3, 0.4) is 0 Å². The second kappa shape index (κ2) is 20.2. The lowest BCUT2D eigenvalue weighted by atomic mass is 9.95. The molecule has 36 heavy (non-hydrogen) atoms. The molecule has 0 amide bonds. The van der Waals surface area contributed by atoms with Crippen molar-refractivity contribution >= 4 is 17.9 Å². The third-order valence-corrected chi connectivity index (χ3v) is 7.48. The summed E-state index contributed by atoms with van der Waals surface area (Å²) in [6.45, 7) is 8.90. The molecule has 0 aromatic rings. The molecule has 0 bridgehead atoms. The standard InChI is InChI=1S/C29H53NO6/c1-5-9-10-11-12-13-14-15-16-17-18-19-20-30(21-24(6-2)27(31)32,22-25(7-3)28(33)34)23-26(8-4)29(35)36/h15-16,24-26H,5-14,17-23H2,1-4H3,(H2-,31,32,33,34,35,36)/b16-15+. The van der Waals surface area contributed by atoms with Crippen molar-refractivity contribution in [2.75, 3.05) is 26.2 Å². The normalized spacial score (nSPS) is 15.9. The molecule has 0 aliphatic heterocycles. The quantitative estimate of drug-likeness (QED) is 0.104. The number of quaternary nitrogens is 1. The Labute approximate surface area is 219 Å². The lowest BCUT2D eigenvalue weighted by molar-refractivity contribution is -0.935. The van der Waals surface area contributed by atoms with Crippen molar-refractivity contribution in [1.29, 1.82) is 0 Å². The Morgan fingerprint density at radius 2 is 1.08 bits per heavy atom. The fourth-order valence-electron chi connectivity index (χ4n) is 5.02. The molecule has 7 nitrogen and oxygen atoms in total. The minimum atomic E-state index is -1.15. The SMILES string of the molecule is CCCCCCCC/C=C/CCCC[N+](CC(CC)C(=O)[O-])(CC(CC)C(=O)O)CC(CC)C(=O)O. The highest BCUT2D eigenvalue weighted by atomic mass is 16.4. The Morgan fingerprint density at radius 3 is 1.50 bits per heavy atom. The highest BCUT2D eigenvalue weighted by Crippen LogP contribution is 2.25. The van der Waals surface area contributed by atoms with Gasteiger partial charge in [-0.25, -0.2) is 0 Å². The van der Waals surface area contributed by atoms with Gasteiger partial charge in [-0.3, -0.25) is 9.59 Å². The minimum absolute atomic E-state index is 0.198. The summed E-state index contributed by atoms with van der Waals surface area (Å²) in [5, 5.41) is 31.3. The maximum Gasteiger partial charge on any atom is 0.312 e. The van der Waals surface area contributed by atoms with Crippen LogP contribution in [-0.2, 0) is 14.4 Å². The highest BCUT2D eigenvalue weighted by Gasteiger charge is 2.39. The molecule has 3 atom stereocenters. The van der Waals surface area contributed by atoms with Crippen LogP contribution >= 0.6 is 0 Å². The van der Waals surface area contributed by atoms with Crippen molar-refractivity contribution in [2.24, 2.45) is 17.8 Å². The summed E-state index contributed by atoms with van der Waals surface area (Å²) in [4.78, 5) is 35.6. The second-order valence-electron chi connectivity index (χ2n) is 10.4. The van der Waals surface area contributed by atoms with Crippen molar-refractivity contribution in [3.05, 3.63) is 12.2 Å². The van der Waals surface area contributed by atoms with E-state index in [-0.39, 0.29) is 24.1 Å². The number of rotatable bonds is 24. The Bertz CT molecular complexity index is 588. The van der Waals surface area contributed by atoms with Gasteiger partial charge in [0.1, 0.15) is 11.8 Å². The number of carboxylic acids is 3. The Hall–Kier alpha value is -1.89. The van der Waals surface area contributed by atoms with Gasteiger partial charge in [-0.2, -0.15) is 0 Å². The first kappa shape index (κ1) is 34.1. The predicted octanol–water partition coefficient (Wildman–Crippen LogP) is 5.28. The van der Waals surface area contributed by atoms with Crippen molar-refractivity contribution in [3.8, 4) is 0 Å². The van der Waals surface area contributed by atoms with E-state index in [4.69, 9.17) is 0 Å². The molecule has 0 radical (unpaired) electrons. The van der Waals surface area contributed by atoms with Gasteiger partial charge in [0.05, 0.1) is 32.1 Å². The Morgan fingerprint density at radius 1 is 0.667 bits per heavy atom.